The Bertz CT molecular complexity index is 5810. The van der Waals surface area contributed by atoms with Crippen LogP contribution in [-0.2, 0) is 0 Å². The van der Waals surface area contributed by atoms with Crippen LogP contribution in [0.5, 0.6) is 0 Å². The van der Waals surface area contributed by atoms with Crippen LogP contribution in [0, 0.1) is 0 Å². The maximum atomic E-state index is 8.94. The Morgan fingerprint density at radius 3 is 1.06 bits per heavy atom. The highest BCUT2D eigenvalue weighted by molar-refractivity contribution is 9.11. The zero-order valence-electron chi connectivity index (χ0n) is 56.7. The summed E-state index contributed by atoms with van der Waals surface area (Å²) in [5.74, 6) is 0. The van der Waals surface area contributed by atoms with Crippen molar-refractivity contribution in [2.24, 2.45) is 0 Å². The first-order valence-corrected chi connectivity index (χ1v) is 36.5. The van der Waals surface area contributed by atoms with Crippen LogP contribution >= 0.6 is 47.8 Å². The lowest BCUT2D eigenvalue weighted by Crippen LogP contribution is -2.29. The number of fused-ring (bicyclic) bond motifs is 8. The second-order valence-corrected chi connectivity index (χ2v) is 27.6. The van der Waals surface area contributed by atoms with Gasteiger partial charge in [-0.3, -0.25) is 0 Å². The van der Waals surface area contributed by atoms with E-state index in [1.807, 2.05) is 78.9 Å². The topological polar surface area (TPSA) is 109 Å². The molecule has 6 nitrogen and oxygen atoms in total. The minimum Gasteiger partial charge on any atom is -0.423 e. The van der Waals surface area contributed by atoms with Crippen LogP contribution in [0.2, 0.25) is 0 Å². The number of rotatable bonds is 8. The summed E-state index contributed by atoms with van der Waals surface area (Å²) in [6.45, 7) is 0. The third-order valence-corrected chi connectivity index (χ3v) is 19.3. The van der Waals surface area contributed by atoms with E-state index in [1.54, 1.807) is 12.1 Å². The molecule has 1 heterocycles. The molecule has 7 N–H and O–H groups in total. The lowest BCUT2D eigenvalue weighted by atomic mass is 9.79. The Kier molecular flexibility index (Phi) is 29.2. The molecule has 17 aromatic carbocycles. The lowest BCUT2D eigenvalue weighted by Gasteiger charge is -2.10. The predicted octanol–water partition coefficient (Wildman–Crippen LogP) is 27.9. The fraction of sp³-hybridized carbons (Fsp3) is 0.0408. The van der Waals surface area contributed by atoms with Crippen molar-refractivity contribution in [1.29, 1.82) is 0 Å². The van der Waals surface area contributed by atoms with Crippen LogP contribution < -0.4 is 22.2 Å². The Labute approximate surface area is 661 Å². The third-order valence-electron chi connectivity index (χ3n) is 17.8. The highest BCUT2D eigenvalue weighted by Crippen LogP contribution is 2.38. The van der Waals surface area contributed by atoms with Crippen molar-refractivity contribution in [2.45, 2.75) is 29.7 Å². The molecule has 0 amide bonds. The Hall–Kier alpha value is -11.6. The number of halogens is 3. The second-order valence-electron chi connectivity index (χ2n) is 24.8. The highest BCUT2D eigenvalue weighted by Gasteiger charge is 2.15. The van der Waals surface area contributed by atoms with E-state index in [4.69, 9.17) is 21.5 Å². The van der Waals surface area contributed by atoms with Crippen molar-refractivity contribution in [3.05, 3.63) is 408 Å². The van der Waals surface area contributed by atoms with E-state index < -0.39 is 7.12 Å². The molecular formula is C98H88BBr3N4O2. The number of benzene rings is 17. The number of nitrogens with two attached hydrogens (primary N) is 2. The Morgan fingerprint density at radius 2 is 0.593 bits per heavy atom. The summed E-state index contributed by atoms with van der Waals surface area (Å²) in [4.78, 5) is 0. The van der Waals surface area contributed by atoms with E-state index in [1.165, 1.54) is 104 Å². The van der Waals surface area contributed by atoms with E-state index in [0.717, 1.165) is 46.9 Å². The lowest BCUT2D eigenvalue weighted by molar-refractivity contribution is 0.426. The van der Waals surface area contributed by atoms with Gasteiger partial charge in [0.05, 0.1) is 11.0 Å². The smallest absolute Gasteiger partial charge is 0.423 e. The van der Waals surface area contributed by atoms with Crippen LogP contribution in [0.4, 0.5) is 22.7 Å². The monoisotopic (exact) mass is 1600 g/mol. The molecule has 0 saturated carbocycles. The summed E-state index contributed by atoms with van der Waals surface area (Å²) in [5.41, 5.74) is 29.0. The maximum absolute atomic E-state index is 8.94. The van der Waals surface area contributed by atoms with Gasteiger partial charge in [0.1, 0.15) is 0 Å². The molecular weight excluding hydrogens is 1520 g/mol. The van der Waals surface area contributed by atoms with Crippen molar-refractivity contribution in [3.8, 4) is 50.2 Å². The van der Waals surface area contributed by atoms with Gasteiger partial charge in [0.15, 0.2) is 0 Å². The summed E-state index contributed by atoms with van der Waals surface area (Å²) in [5, 5.41) is 33.7. The molecule has 0 bridgehead atoms. The maximum Gasteiger partial charge on any atom is 0.488 e. The van der Waals surface area contributed by atoms with Gasteiger partial charge in [-0.2, -0.15) is 0 Å². The van der Waals surface area contributed by atoms with E-state index >= 15 is 0 Å². The number of nitrogen functional groups attached to an aromatic ring is 2. The van der Waals surface area contributed by atoms with E-state index in [-0.39, 0.29) is 29.7 Å². The fourth-order valence-corrected chi connectivity index (χ4v) is 13.3. The molecule has 0 aliphatic carbocycles. The van der Waals surface area contributed by atoms with Crippen molar-refractivity contribution in [2.75, 3.05) is 16.8 Å². The molecule has 18 rings (SSSR count). The number of hydrogen-bond acceptors (Lipinski definition) is 5. The molecule has 0 atom stereocenters. The molecule has 108 heavy (non-hydrogen) atoms. The summed E-state index contributed by atoms with van der Waals surface area (Å²) in [6.07, 6.45) is 0. The largest absolute Gasteiger partial charge is 0.488 e. The summed E-state index contributed by atoms with van der Waals surface area (Å²) < 4.78 is 5.66. The number of nitrogens with one attached hydrogen (secondary N) is 1. The van der Waals surface area contributed by atoms with Crippen molar-refractivity contribution < 1.29 is 10.0 Å². The molecule has 18 aromatic rings. The first-order chi connectivity index (χ1) is 50.9. The van der Waals surface area contributed by atoms with Gasteiger partial charge in [-0.1, -0.05) is 357 Å². The molecule has 0 aliphatic heterocycles. The van der Waals surface area contributed by atoms with Crippen LogP contribution in [0.25, 0.3) is 115 Å². The number of para-hydroxylation sites is 2. The minimum absolute atomic E-state index is 0. The molecule has 536 valence electrons. The average molecular weight is 1600 g/mol. The van der Waals surface area contributed by atoms with E-state index in [9.17, 15) is 0 Å². The molecule has 10 heteroatoms. The van der Waals surface area contributed by atoms with Gasteiger partial charge in [0, 0.05) is 58.0 Å². The van der Waals surface area contributed by atoms with Gasteiger partial charge >= 0.3 is 7.12 Å². The van der Waals surface area contributed by atoms with Gasteiger partial charge in [-0.05, 0) is 203 Å². The second kappa shape index (κ2) is 39.1. The minimum atomic E-state index is -1.38. The Morgan fingerprint density at radius 1 is 0.259 bits per heavy atom. The number of nitrogens with zero attached hydrogens (tertiary/aromatic N) is 1. The van der Waals surface area contributed by atoms with Gasteiger partial charge in [-0.15, -0.1) is 0 Å². The molecule has 0 fully saturated rings. The van der Waals surface area contributed by atoms with Crippen LogP contribution in [0.1, 0.15) is 29.7 Å². The van der Waals surface area contributed by atoms with Crippen LogP contribution in [0.15, 0.2) is 408 Å². The van der Waals surface area contributed by atoms with Gasteiger partial charge in [-0.25, -0.2) is 0 Å². The Balaban J connectivity index is 0.000000155. The molecule has 0 saturated heterocycles. The fourth-order valence-electron chi connectivity index (χ4n) is 12.4. The first kappa shape index (κ1) is 80.5. The number of aromatic nitrogens is 1. The standard InChI is InChI=1S/C28H21N.C22H14BrN.C16H13N.C12H9Br.C10H9BO2.C6H6BrN.4CH4/c1-2-6-21(7-3-1)23-12-16-27(17-13-23)29-28-18-14-24(15-19-28)26-11-10-22-8-4-5-9-25(22)20-26;23-16-12-10-15-11-13-19-18-8-4-5-9-21(18)24(22(19)20(15)14-16)17-6-2-1-3-7-17;17-16-9-7-13(8-10-16)15-6-5-12-3-1-2-4-14(12)11-15;13-12-8-6-11(7-9-12)10-4-2-1-3-5-10;12-11(13)10-6-5-8-3-1-2-4-9(8)7-10;7-5-1-3-6(8)4-2-5;;;;/h1-20,29H;1-14H;1-11H,17H2;1-9H;1-7,12-13H;1-4H,8H2;4*1H4. The quantitative estimate of drug-likeness (QED) is 0.0769. The van der Waals surface area contributed by atoms with E-state index in [0.29, 0.717) is 5.46 Å². The molecule has 0 spiro atoms. The van der Waals surface area contributed by atoms with Gasteiger partial charge in [0.25, 0.3) is 0 Å². The third kappa shape index (κ3) is 20.7. The summed E-state index contributed by atoms with van der Waals surface area (Å²) in [6, 6.07) is 135. The van der Waals surface area contributed by atoms with Crippen LogP contribution in [-0.4, -0.2) is 21.7 Å². The normalized spacial score (nSPS) is 10.2. The molecule has 0 radical (unpaired) electrons. The molecule has 1 aromatic heterocycles. The zero-order chi connectivity index (χ0) is 71.6. The summed E-state index contributed by atoms with van der Waals surface area (Å²) >= 11 is 10.3. The SMILES string of the molecule is Brc1ccc(-c2ccccc2)cc1.Brc1ccc2ccc3c4ccccc4n(-c4ccccc4)c3c2c1.C.C.C.C.Nc1ccc(-c2ccc3ccccc3c2)cc1.Nc1ccc(Br)cc1.OB(O)c1ccc2ccccc2c1.c1ccc(-c2ccc(Nc3ccc(-c4ccc5ccccc5c4)cc3)cc2)cc1. The van der Waals surface area contributed by atoms with Crippen molar-refractivity contribution >= 4 is 148 Å². The van der Waals surface area contributed by atoms with Gasteiger partial charge < -0.3 is 31.4 Å². The average Bonchev–Trinajstić information content (AvgIpc) is 1.57. The highest BCUT2D eigenvalue weighted by atomic mass is 79.9. The van der Waals surface area contributed by atoms with E-state index in [2.05, 4.69) is 361 Å². The van der Waals surface area contributed by atoms with Crippen molar-refractivity contribution in [1.82, 2.24) is 4.57 Å². The first-order valence-electron chi connectivity index (χ1n) is 34.1. The summed E-state index contributed by atoms with van der Waals surface area (Å²) in [7, 11) is -1.38. The predicted molar refractivity (Wildman–Crippen MR) is 483 cm³/mol. The van der Waals surface area contributed by atoms with Crippen LogP contribution in [0.3, 0.4) is 0 Å². The van der Waals surface area contributed by atoms with Gasteiger partial charge in [0.2, 0.25) is 0 Å². The molecule has 0 aliphatic rings. The number of anilines is 4. The molecule has 0 unspecified atom stereocenters. The zero-order valence-corrected chi connectivity index (χ0v) is 61.5. The van der Waals surface area contributed by atoms with Crippen molar-refractivity contribution in [3.63, 3.8) is 0 Å². The number of hydrogen-bond donors (Lipinski definition) is 5.